The first-order chi connectivity index (χ1) is 9.10. The molecule has 0 radical (unpaired) electrons. The monoisotopic (exact) mass is 401 g/mol. The van der Waals surface area contributed by atoms with Crippen molar-refractivity contribution in [2.45, 2.75) is 10.6 Å². The molecule has 5 heteroatoms. The second kappa shape index (κ2) is 6.68. The number of methoxy groups -OCH3 is 1. The van der Waals surface area contributed by atoms with Gasteiger partial charge in [-0.3, -0.25) is 0 Å². The third kappa shape index (κ3) is 3.91. The van der Waals surface area contributed by atoms with Crippen molar-refractivity contribution in [3.63, 3.8) is 0 Å². The number of nitrogen functional groups attached to an aromatic ring is 1. The summed E-state index contributed by atoms with van der Waals surface area (Å²) in [5.41, 5.74) is 7.70. The Morgan fingerprint density at radius 1 is 1.11 bits per heavy atom. The molecule has 19 heavy (non-hydrogen) atoms. The second-order valence-corrected chi connectivity index (χ2v) is 6.66. The molecule has 2 nitrogen and oxygen atoms in total. The summed E-state index contributed by atoms with van der Waals surface area (Å²) >= 11 is 8.85. The number of hydrogen-bond acceptors (Lipinski definition) is 3. The molecule has 0 heterocycles. The molecule has 2 rings (SSSR count). The van der Waals surface area contributed by atoms with Crippen LogP contribution in [-0.2, 0) is 5.75 Å². The smallest absolute Gasteiger partial charge is 0.119 e. The Kier molecular flexibility index (Phi) is 5.19. The van der Waals surface area contributed by atoms with Crippen LogP contribution >= 0.6 is 43.6 Å². The highest BCUT2D eigenvalue weighted by Gasteiger charge is 2.06. The highest BCUT2D eigenvalue weighted by atomic mass is 79.9. The van der Waals surface area contributed by atoms with Gasteiger partial charge in [0.1, 0.15) is 5.75 Å². The third-order valence-corrected chi connectivity index (χ3v) is 5.41. The molecule has 2 aromatic carbocycles. The maximum Gasteiger partial charge on any atom is 0.119 e. The zero-order valence-corrected chi connectivity index (χ0v) is 14.3. The van der Waals surface area contributed by atoms with E-state index in [1.807, 2.05) is 36.4 Å². The maximum absolute atomic E-state index is 5.73. The van der Waals surface area contributed by atoms with Crippen molar-refractivity contribution in [1.29, 1.82) is 0 Å². The predicted molar refractivity (Wildman–Crippen MR) is 88.8 cm³/mol. The van der Waals surface area contributed by atoms with Crippen molar-refractivity contribution in [3.8, 4) is 5.75 Å². The van der Waals surface area contributed by atoms with E-state index in [0.717, 1.165) is 26.1 Å². The lowest BCUT2D eigenvalue weighted by Crippen LogP contribution is -1.89. The first-order valence-corrected chi connectivity index (χ1v) is 8.17. The van der Waals surface area contributed by atoms with Crippen molar-refractivity contribution in [3.05, 3.63) is 50.9 Å². The maximum atomic E-state index is 5.73. The van der Waals surface area contributed by atoms with Crippen molar-refractivity contribution in [2.75, 3.05) is 12.8 Å². The van der Waals surface area contributed by atoms with Crippen LogP contribution in [0.4, 0.5) is 5.69 Å². The van der Waals surface area contributed by atoms with Crippen LogP contribution in [0.3, 0.4) is 0 Å². The normalized spacial score (nSPS) is 10.5. The van der Waals surface area contributed by atoms with E-state index in [0.29, 0.717) is 0 Å². The number of nitrogens with two attached hydrogens (primary N) is 1. The van der Waals surface area contributed by atoms with Gasteiger partial charge >= 0.3 is 0 Å². The van der Waals surface area contributed by atoms with Gasteiger partial charge in [-0.1, -0.05) is 15.9 Å². The third-order valence-electron chi connectivity index (χ3n) is 2.59. The van der Waals surface area contributed by atoms with Gasteiger partial charge in [-0.25, -0.2) is 0 Å². The molecule has 0 saturated carbocycles. The molecule has 0 aliphatic heterocycles. The summed E-state index contributed by atoms with van der Waals surface area (Å²) in [6.45, 7) is 0. The number of anilines is 1. The van der Waals surface area contributed by atoms with E-state index < -0.39 is 0 Å². The van der Waals surface area contributed by atoms with Crippen molar-refractivity contribution >= 4 is 49.3 Å². The van der Waals surface area contributed by atoms with Gasteiger partial charge in [0.2, 0.25) is 0 Å². The quantitative estimate of drug-likeness (QED) is 0.571. The minimum atomic E-state index is 0.763. The lowest BCUT2D eigenvalue weighted by atomic mass is 10.2. The molecule has 0 spiro atoms. The number of thioether (sulfide) groups is 1. The summed E-state index contributed by atoms with van der Waals surface area (Å²) in [7, 11) is 1.68. The summed E-state index contributed by atoms with van der Waals surface area (Å²) in [4.78, 5) is 1.17. The highest BCUT2D eigenvalue weighted by Crippen LogP contribution is 2.34. The van der Waals surface area contributed by atoms with Gasteiger partial charge in [0.05, 0.1) is 7.11 Å². The molecule has 100 valence electrons. The topological polar surface area (TPSA) is 35.2 Å². The summed E-state index contributed by atoms with van der Waals surface area (Å²) in [5, 5.41) is 0. The Balaban J connectivity index is 2.14. The molecule has 0 bridgehead atoms. The van der Waals surface area contributed by atoms with Crippen LogP contribution in [-0.4, -0.2) is 7.11 Å². The van der Waals surface area contributed by atoms with Crippen LogP contribution in [0.2, 0.25) is 0 Å². The molecule has 2 N–H and O–H groups in total. The van der Waals surface area contributed by atoms with E-state index in [9.17, 15) is 0 Å². The Bertz CT molecular complexity index is 590. The minimum absolute atomic E-state index is 0.763. The molecule has 0 aliphatic carbocycles. The van der Waals surface area contributed by atoms with Gasteiger partial charge in [0.15, 0.2) is 0 Å². The van der Waals surface area contributed by atoms with E-state index in [-0.39, 0.29) is 0 Å². The summed E-state index contributed by atoms with van der Waals surface area (Å²) in [5.74, 6) is 1.73. The molecule has 0 saturated heterocycles. The highest BCUT2D eigenvalue weighted by molar-refractivity contribution is 9.10. The lowest BCUT2D eigenvalue weighted by molar-refractivity contribution is 0.414. The molecule has 0 unspecified atom stereocenters. The Labute approximate surface area is 134 Å². The number of hydrogen-bond donors (Lipinski definition) is 1. The zero-order valence-electron chi connectivity index (χ0n) is 10.3. The van der Waals surface area contributed by atoms with Gasteiger partial charge in [-0.2, -0.15) is 0 Å². The van der Waals surface area contributed by atoms with Crippen LogP contribution in [0, 0.1) is 0 Å². The minimum Gasteiger partial charge on any atom is -0.497 e. The Morgan fingerprint density at radius 3 is 2.58 bits per heavy atom. The Morgan fingerprint density at radius 2 is 1.89 bits per heavy atom. The van der Waals surface area contributed by atoms with Crippen molar-refractivity contribution in [1.82, 2.24) is 0 Å². The first-order valence-electron chi connectivity index (χ1n) is 5.60. The fraction of sp³-hybridized carbons (Fsp3) is 0.143. The van der Waals surface area contributed by atoms with Crippen LogP contribution in [0.1, 0.15) is 5.56 Å². The van der Waals surface area contributed by atoms with Gasteiger partial charge < -0.3 is 10.5 Å². The van der Waals surface area contributed by atoms with E-state index in [4.69, 9.17) is 10.5 Å². The van der Waals surface area contributed by atoms with Gasteiger partial charge in [-0.05, 0) is 57.9 Å². The Hall–Kier alpha value is -0.650. The van der Waals surface area contributed by atoms with Crippen molar-refractivity contribution in [2.24, 2.45) is 0 Å². The molecule has 0 atom stereocenters. The average molecular weight is 403 g/mol. The van der Waals surface area contributed by atoms with E-state index in [1.54, 1.807) is 18.9 Å². The number of rotatable bonds is 4. The van der Waals surface area contributed by atoms with E-state index in [1.165, 1.54) is 10.5 Å². The zero-order chi connectivity index (χ0) is 13.8. The van der Waals surface area contributed by atoms with E-state index >= 15 is 0 Å². The summed E-state index contributed by atoms with van der Waals surface area (Å²) in [6, 6.07) is 11.8. The summed E-state index contributed by atoms with van der Waals surface area (Å²) in [6.07, 6.45) is 0. The SMILES string of the molecule is COc1ccc(Br)c(CSc2ccc(N)cc2Br)c1. The van der Waals surface area contributed by atoms with Gasteiger partial charge in [0.25, 0.3) is 0 Å². The molecular weight excluding hydrogens is 390 g/mol. The van der Waals surface area contributed by atoms with E-state index in [2.05, 4.69) is 31.9 Å². The molecule has 0 fully saturated rings. The van der Waals surface area contributed by atoms with Gasteiger partial charge in [0, 0.05) is 25.3 Å². The van der Waals surface area contributed by atoms with Crippen LogP contribution in [0.15, 0.2) is 50.2 Å². The molecule has 0 amide bonds. The number of benzene rings is 2. The standard InChI is InChI=1S/C14H13Br2NOS/c1-18-11-3-4-12(15)9(6-11)8-19-14-5-2-10(17)7-13(14)16/h2-7H,8,17H2,1H3. The van der Waals surface area contributed by atoms with Crippen LogP contribution in [0.5, 0.6) is 5.75 Å². The largest absolute Gasteiger partial charge is 0.497 e. The second-order valence-electron chi connectivity index (χ2n) is 3.94. The fourth-order valence-corrected chi connectivity index (χ4v) is 3.80. The van der Waals surface area contributed by atoms with Gasteiger partial charge in [-0.15, -0.1) is 11.8 Å². The number of ether oxygens (including phenoxy) is 1. The fourth-order valence-electron chi connectivity index (χ4n) is 1.58. The van der Waals surface area contributed by atoms with Crippen LogP contribution in [0.25, 0.3) is 0 Å². The van der Waals surface area contributed by atoms with Crippen molar-refractivity contribution < 1.29 is 4.74 Å². The predicted octanol–water partition coefficient (Wildman–Crippen LogP) is 5.09. The molecule has 0 aromatic heterocycles. The van der Waals surface area contributed by atoms with Crippen LogP contribution < -0.4 is 10.5 Å². The average Bonchev–Trinajstić information content (AvgIpc) is 2.39. The summed E-state index contributed by atoms with van der Waals surface area (Å²) < 4.78 is 7.36. The molecule has 2 aromatic rings. The lowest BCUT2D eigenvalue weighted by Gasteiger charge is -2.08. The number of halogens is 2. The molecule has 0 aliphatic rings. The molecular formula is C14H13Br2NOS. The first kappa shape index (κ1) is 14.8.